The summed E-state index contributed by atoms with van der Waals surface area (Å²) < 4.78 is 39.8. The number of halogens is 2. The smallest absolute Gasteiger partial charge is 0.341 e. The Kier molecular flexibility index (Phi) is 6.64. The standard InChI is InChI=1S/C25H19F2N3O6/c1-35-20-10-13(6-7-14(20)25(34)36-2)28-24(33)16-12-30(11-15-17(26)4-3-5-18(15)27)19-8-9-21(31)29-22(19)23(16)32/h3-10,12H,11H2,1-2H3,(H,28,33)(H,29,31). The predicted molar refractivity (Wildman–Crippen MR) is 127 cm³/mol. The van der Waals surface area contributed by atoms with Crippen molar-refractivity contribution in [3.63, 3.8) is 0 Å². The summed E-state index contributed by atoms with van der Waals surface area (Å²) in [6.45, 7) is -0.358. The Morgan fingerprint density at radius 2 is 1.72 bits per heavy atom. The zero-order valence-electron chi connectivity index (χ0n) is 19.1. The quantitative estimate of drug-likeness (QED) is 0.397. The number of anilines is 1. The van der Waals surface area contributed by atoms with Crippen LogP contribution in [0, 0.1) is 11.6 Å². The lowest BCUT2D eigenvalue weighted by Crippen LogP contribution is -2.26. The molecule has 36 heavy (non-hydrogen) atoms. The molecule has 0 saturated heterocycles. The summed E-state index contributed by atoms with van der Waals surface area (Å²) in [7, 11) is 2.54. The maximum atomic E-state index is 14.3. The number of amides is 1. The maximum absolute atomic E-state index is 14.3. The number of ether oxygens (including phenoxy) is 2. The van der Waals surface area contributed by atoms with Gasteiger partial charge in [-0.3, -0.25) is 14.4 Å². The molecule has 4 rings (SSSR count). The zero-order valence-corrected chi connectivity index (χ0v) is 19.1. The third-order valence-corrected chi connectivity index (χ3v) is 5.46. The minimum Gasteiger partial charge on any atom is -0.496 e. The fourth-order valence-corrected chi connectivity index (χ4v) is 3.69. The minimum absolute atomic E-state index is 0.120. The topological polar surface area (TPSA) is 119 Å². The Hall–Kier alpha value is -4.80. The van der Waals surface area contributed by atoms with Crippen LogP contribution < -0.4 is 21.0 Å². The van der Waals surface area contributed by atoms with Crippen molar-refractivity contribution >= 4 is 28.6 Å². The SMILES string of the molecule is COC(=O)c1ccc(NC(=O)c2cn(Cc3c(F)cccc3F)c3ccc(=O)[nH]c3c2=O)cc1OC. The second kappa shape index (κ2) is 9.82. The van der Waals surface area contributed by atoms with Crippen molar-refractivity contribution in [1.29, 1.82) is 0 Å². The maximum Gasteiger partial charge on any atom is 0.341 e. The number of H-pyrrole nitrogens is 1. The average Bonchev–Trinajstić information content (AvgIpc) is 2.87. The number of esters is 1. The molecular weight excluding hydrogens is 476 g/mol. The Morgan fingerprint density at radius 3 is 2.39 bits per heavy atom. The lowest BCUT2D eigenvalue weighted by atomic mass is 10.1. The van der Waals surface area contributed by atoms with Gasteiger partial charge < -0.3 is 24.3 Å². The lowest BCUT2D eigenvalue weighted by molar-refractivity contribution is 0.0597. The third kappa shape index (κ3) is 4.58. The van der Waals surface area contributed by atoms with E-state index < -0.39 is 40.1 Å². The molecule has 0 radical (unpaired) electrons. The van der Waals surface area contributed by atoms with Crippen molar-refractivity contribution in [3.05, 3.63) is 104 Å². The van der Waals surface area contributed by atoms with Gasteiger partial charge in [-0.2, -0.15) is 0 Å². The molecule has 9 nitrogen and oxygen atoms in total. The van der Waals surface area contributed by atoms with E-state index in [2.05, 4.69) is 15.0 Å². The van der Waals surface area contributed by atoms with Gasteiger partial charge in [-0.1, -0.05) is 6.07 Å². The number of benzene rings is 2. The second-order valence-electron chi connectivity index (χ2n) is 7.64. The van der Waals surface area contributed by atoms with Crippen LogP contribution in [0.15, 0.2) is 64.3 Å². The first-order valence-corrected chi connectivity index (χ1v) is 10.5. The number of hydrogen-bond donors (Lipinski definition) is 2. The molecule has 0 aliphatic rings. The third-order valence-electron chi connectivity index (χ3n) is 5.46. The van der Waals surface area contributed by atoms with E-state index >= 15 is 0 Å². The van der Waals surface area contributed by atoms with Crippen LogP contribution in [0.2, 0.25) is 0 Å². The van der Waals surface area contributed by atoms with Crippen LogP contribution in [0.4, 0.5) is 14.5 Å². The van der Waals surface area contributed by atoms with E-state index in [1.807, 2.05) is 0 Å². The van der Waals surface area contributed by atoms with Crippen molar-refractivity contribution in [2.75, 3.05) is 19.5 Å². The van der Waals surface area contributed by atoms with E-state index in [1.54, 1.807) is 0 Å². The molecule has 1 amide bonds. The molecule has 0 aliphatic heterocycles. The largest absolute Gasteiger partial charge is 0.496 e. The Morgan fingerprint density at radius 1 is 1.00 bits per heavy atom. The molecule has 0 saturated carbocycles. The number of carbonyl (C=O) groups excluding carboxylic acids is 2. The van der Waals surface area contributed by atoms with Crippen LogP contribution in [0.25, 0.3) is 11.0 Å². The number of carbonyl (C=O) groups is 2. The van der Waals surface area contributed by atoms with E-state index in [1.165, 1.54) is 49.1 Å². The van der Waals surface area contributed by atoms with Crippen LogP contribution in [-0.4, -0.2) is 35.6 Å². The van der Waals surface area contributed by atoms with Crippen LogP contribution >= 0.6 is 0 Å². The Bertz CT molecular complexity index is 1610. The second-order valence-corrected chi connectivity index (χ2v) is 7.64. The Labute approximate surface area is 201 Å². The first-order valence-electron chi connectivity index (χ1n) is 10.5. The van der Waals surface area contributed by atoms with Crippen molar-refractivity contribution in [1.82, 2.24) is 9.55 Å². The van der Waals surface area contributed by atoms with Crippen molar-refractivity contribution in [3.8, 4) is 5.75 Å². The van der Waals surface area contributed by atoms with Crippen LogP contribution in [0.5, 0.6) is 5.75 Å². The van der Waals surface area contributed by atoms with Gasteiger partial charge in [-0.25, -0.2) is 13.6 Å². The highest BCUT2D eigenvalue weighted by Gasteiger charge is 2.20. The highest BCUT2D eigenvalue weighted by molar-refractivity contribution is 6.06. The summed E-state index contributed by atoms with van der Waals surface area (Å²) in [6.07, 6.45) is 1.16. The molecular formula is C25H19F2N3O6. The number of methoxy groups -OCH3 is 2. The molecule has 11 heteroatoms. The van der Waals surface area contributed by atoms with Crippen molar-refractivity contribution < 1.29 is 27.8 Å². The molecule has 0 atom stereocenters. The molecule has 0 unspecified atom stereocenters. The molecule has 0 spiro atoms. The van der Waals surface area contributed by atoms with Crippen molar-refractivity contribution in [2.24, 2.45) is 0 Å². The van der Waals surface area contributed by atoms with Crippen molar-refractivity contribution in [2.45, 2.75) is 6.54 Å². The molecule has 2 aromatic carbocycles. The predicted octanol–water partition coefficient (Wildman–Crippen LogP) is 3.06. The van der Waals surface area contributed by atoms with E-state index in [0.717, 1.165) is 24.4 Å². The molecule has 184 valence electrons. The van der Waals surface area contributed by atoms with Crippen LogP contribution in [-0.2, 0) is 11.3 Å². The number of aromatic amines is 1. The van der Waals surface area contributed by atoms with E-state index in [4.69, 9.17) is 4.74 Å². The number of rotatable bonds is 6. The summed E-state index contributed by atoms with van der Waals surface area (Å²) >= 11 is 0. The van der Waals surface area contributed by atoms with Gasteiger partial charge in [-0.05, 0) is 30.3 Å². The molecule has 0 aliphatic carbocycles. The first-order chi connectivity index (χ1) is 17.2. The van der Waals surface area contributed by atoms with Gasteiger partial charge in [0.25, 0.3) is 5.91 Å². The van der Waals surface area contributed by atoms with Gasteiger partial charge in [-0.15, -0.1) is 0 Å². The number of fused-ring (bicyclic) bond motifs is 1. The number of nitrogens with one attached hydrogen (secondary N) is 2. The van der Waals surface area contributed by atoms with E-state index in [0.29, 0.717) is 0 Å². The molecule has 4 aromatic rings. The first kappa shape index (κ1) is 24.3. The van der Waals surface area contributed by atoms with Gasteiger partial charge in [0.1, 0.15) is 34.0 Å². The molecule has 2 N–H and O–H groups in total. The summed E-state index contributed by atoms with van der Waals surface area (Å²) in [6, 6.07) is 10.0. The van der Waals surface area contributed by atoms with E-state index in [-0.39, 0.29) is 40.1 Å². The fourth-order valence-electron chi connectivity index (χ4n) is 3.69. The van der Waals surface area contributed by atoms with Gasteiger partial charge in [0.2, 0.25) is 11.0 Å². The summed E-state index contributed by atoms with van der Waals surface area (Å²) in [5, 5.41) is 2.53. The molecule has 0 bridgehead atoms. The highest BCUT2D eigenvalue weighted by atomic mass is 19.1. The normalized spacial score (nSPS) is 10.8. The van der Waals surface area contributed by atoms with Gasteiger partial charge in [0.15, 0.2) is 0 Å². The lowest BCUT2D eigenvalue weighted by Gasteiger charge is -2.15. The summed E-state index contributed by atoms with van der Waals surface area (Å²) in [4.78, 5) is 52.3. The highest BCUT2D eigenvalue weighted by Crippen LogP contribution is 2.24. The number of nitrogens with zero attached hydrogens (tertiary/aromatic N) is 1. The van der Waals surface area contributed by atoms with Gasteiger partial charge in [0.05, 0.1) is 26.3 Å². The monoisotopic (exact) mass is 495 g/mol. The number of aromatic nitrogens is 2. The summed E-state index contributed by atoms with van der Waals surface area (Å²) in [5.41, 5.74) is -1.78. The van der Waals surface area contributed by atoms with Gasteiger partial charge >= 0.3 is 5.97 Å². The average molecular weight is 495 g/mol. The molecule has 2 heterocycles. The van der Waals surface area contributed by atoms with Crippen LogP contribution in [0.1, 0.15) is 26.3 Å². The number of hydrogen-bond acceptors (Lipinski definition) is 6. The number of pyridine rings is 2. The van der Waals surface area contributed by atoms with Crippen LogP contribution in [0.3, 0.4) is 0 Å². The zero-order chi connectivity index (χ0) is 26.0. The van der Waals surface area contributed by atoms with Gasteiger partial charge in [0, 0.05) is 29.6 Å². The summed E-state index contributed by atoms with van der Waals surface area (Å²) in [5.74, 6) is -3.01. The minimum atomic E-state index is -0.859. The van der Waals surface area contributed by atoms with E-state index in [9.17, 15) is 28.0 Å². The molecule has 2 aromatic heterocycles. The Balaban J connectivity index is 1.79. The fraction of sp³-hybridized carbons (Fsp3) is 0.120. The molecule has 0 fully saturated rings.